The van der Waals surface area contributed by atoms with Gasteiger partial charge in [0.1, 0.15) is 6.54 Å². The molecular formula is C8H10N2O2S. The maximum atomic E-state index is 11.1. The Kier molecular flexibility index (Phi) is 3.45. The average molecular weight is 198 g/mol. The predicted molar refractivity (Wildman–Crippen MR) is 51.8 cm³/mol. The first-order valence-electron chi connectivity index (χ1n) is 3.75. The van der Waals surface area contributed by atoms with E-state index in [1.54, 1.807) is 17.7 Å². The fourth-order valence-corrected chi connectivity index (χ4v) is 1.39. The highest BCUT2D eigenvalue weighted by atomic mass is 32.1. The molecule has 0 aliphatic rings. The Hall–Kier alpha value is -1.36. The van der Waals surface area contributed by atoms with Crippen molar-refractivity contribution in [2.45, 2.75) is 6.54 Å². The molecule has 0 unspecified atom stereocenters. The maximum Gasteiger partial charge on any atom is 0.307 e. The Morgan fingerprint density at radius 1 is 1.77 bits per heavy atom. The van der Waals surface area contributed by atoms with Crippen molar-refractivity contribution in [3.8, 4) is 0 Å². The van der Waals surface area contributed by atoms with Gasteiger partial charge in [-0.05, 0) is 0 Å². The fraction of sp³-hybridized carbons (Fsp3) is 0.250. The molecule has 1 rings (SSSR count). The van der Waals surface area contributed by atoms with E-state index in [1.165, 1.54) is 4.57 Å². The summed E-state index contributed by atoms with van der Waals surface area (Å²) in [6, 6.07) is 0. The van der Waals surface area contributed by atoms with Crippen molar-refractivity contribution in [1.82, 2.24) is 9.88 Å². The van der Waals surface area contributed by atoms with Crippen molar-refractivity contribution in [2.24, 2.45) is 0 Å². The third-order valence-electron chi connectivity index (χ3n) is 1.40. The van der Waals surface area contributed by atoms with Crippen LogP contribution in [0.3, 0.4) is 0 Å². The number of rotatable bonds is 4. The van der Waals surface area contributed by atoms with Gasteiger partial charge in [-0.15, -0.1) is 6.58 Å². The van der Waals surface area contributed by atoms with Crippen LogP contribution in [0.1, 0.15) is 0 Å². The van der Waals surface area contributed by atoms with Gasteiger partial charge in [0.05, 0.1) is 0 Å². The van der Waals surface area contributed by atoms with Crippen LogP contribution in [0, 0.1) is 0 Å². The smallest absolute Gasteiger partial charge is 0.307 e. The highest BCUT2D eigenvalue weighted by molar-refractivity contribution is 7.07. The van der Waals surface area contributed by atoms with Crippen LogP contribution in [0.4, 0.5) is 0 Å². The Balaban J connectivity index is 2.50. The van der Waals surface area contributed by atoms with Crippen molar-refractivity contribution in [3.05, 3.63) is 33.9 Å². The summed E-state index contributed by atoms with van der Waals surface area (Å²) in [4.78, 5) is 22.0. The molecule has 5 heteroatoms. The molecule has 1 aromatic heterocycles. The molecule has 13 heavy (non-hydrogen) atoms. The number of nitrogens with one attached hydrogen (secondary N) is 1. The van der Waals surface area contributed by atoms with Gasteiger partial charge in [0.25, 0.3) is 0 Å². The van der Waals surface area contributed by atoms with Crippen molar-refractivity contribution < 1.29 is 4.79 Å². The molecule has 1 N–H and O–H groups in total. The predicted octanol–water partition coefficient (Wildman–Crippen LogP) is 0.212. The summed E-state index contributed by atoms with van der Waals surface area (Å²) in [7, 11) is 0. The van der Waals surface area contributed by atoms with E-state index in [2.05, 4.69) is 11.9 Å². The molecule has 0 aliphatic heterocycles. The molecule has 1 aromatic rings. The van der Waals surface area contributed by atoms with Crippen LogP contribution in [0.15, 0.2) is 29.0 Å². The first kappa shape index (κ1) is 9.73. The summed E-state index contributed by atoms with van der Waals surface area (Å²) in [6.45, 7) is 3.97. The second-order valence-electron chi connectivity index (χ2n) is 2.39. The SMILES string of the molecule is C=CCNC(=O)Cn1ccsc1=O. The minimum Gasteiger partial charge on any atom is -0.351 e. The lowest BCUT2D eigenvalue weighted by Crippen LogP contribution is -2.30. The summed E-state index contributed by atoms with van der Waals surface area (Å²) < 4.78 is 1.36. The third kappa shape index (κ3) is 2.87. The Morgan fingerprint density at radius 3 is 3.08 bits per heavy atom. The molecule has 0 aliphatic carbocycles. The lowest BCUT2D eigenvalue weighted by atomic mass is 10.5. The molecule has 4 nitrogen and oxygen atoms in total. The number of amides is 1. The molecule has 0 spiro atoms. The van der Waals surface area contributed by atoms with E-state index in [4.69, 9.17) is 0 Å². The van der Waals surface area contributed by atoms with Crippen molar-refractivity contribution in [2.75, 3.05) is 6.54 Å². The van der Waals surface area contributed by atoms with Crippen LogP contribution >= 0.6 is 11.3 Å². The number of nitrogens with zero attached hydrogens (tertiary/aromatic N) is 1. The molecule has 0 saturated carbocycles. The second kappa shape index (κ2) is 4.61. The zero-order chi connectivity index (χ0) is 9.68. The number of hydrogen-bond acceptors (Lipinski definition) is 3. The molecule has 0 saturated heterocycles. The van der Waals surface area contributed by atoms with Crippen LogP contribution < -0.4 is 10.2 Å². The van der Waals surface area contributed by atoms with Crippen LogP contribution in [-0.4, -0.2) is 17.0 Å². The summed E-state index contributed by atoms with van der Waals surface area (Å²) in [5.41, 5.74) is 0. The highest BCUT2D eigenvalue weighted by Crippen LogP contribution is 1.88. The minimum atomic E-state index is -0.180. The topological polar surface area (TPSA) is 51.1 Å². The van der Waals surface area contributed by atoms with Gasteiger partial charge in [-0.3, -0.25) is 14.2 Å². The minimum absolute atomic E-state index is 0.0795. The summed E-state index contributed by atoms with van der Waals surface area (Å²) in [5, 5.41) is 4.24. The van der Waals surface area contributed by atoms with Crippen LogP contribution in [0.2, 0.25) is 0 Å². The second-order valence-corrected chi connectivity index (χ2v) is 3.25. The molecular weight excluding hydrogens is 188 g/mol. The van der Waals surface area contributed by atoms with Gasteiger partial charge >= 0.3 is 4.87 Å². The van der Waals surface area contributed by atoms with Gasteiger partial charge in [-0.25, -0.2) is 0 Å². The quantitative estimate of drug-likeness (QED) is 0.703. The van der Waals surface area contributed by atoms with Gasteiger partial charge in [0, 0.05) is 18.1 Å². The lowest BCUT2D eigenvalue weighted by Gasteiger charge is -2.01. The standard InChI is InChI=1S/C8H10N2O2S/c1-2-3-9-7(11)6-10-4-5-13-8(10)12/h2,4-5H,1,3,6H2,(H,9,11). The van der Waals surface area contributed by atoms with Crippen molar-refractivity contribution in [1.29, 1.82) is 0 Å². The molecule has 0 atom stereocenters. The third-order valence-corrected chi connectivity index (χ3v) is 2.10. The zero-order valence-corrected chi connectivity index (χ0v) is 7.84. The summed E-state index contributed by atoms with van der Waals surface area (Å²) >= 11 is 1.08. The first-order chi connectivity index (χ1) is 6.24. The van der Waals surface area contributed by atoms with Gasteiger partial charge in [0.15, 0.2) is 0 Å². The van der Waals surface area contributed by atoms with E-state index in [-0.39, 0.29) is 17.3 Å². The van der Waals surface area contributed by atoms with Crippen LogP contribution in [0.25, 0.3) is 0 Å². The number of hydrogen-bond donors (Lipinski definition) is 1. The van der Waals surface area contributed by atoms with Crippen LogP contribution in [-0.2, 0) is 11.3 Å². The number of thiazole rings is 1. The van der Waals surface area contributed by atoms with E-state index in [1.807, 2.05) is 0 Å². The molecule has 1 amide bonds. The van der Waals surface area contributed by atoms with E-state index >= 15 is 0 Å². The van der Waals surface area contributed by atoms with Gasteiger partial charge in [0.2, 0.25) is 5.91 Å². The largest absolute Gasteiger partial charge is 0.351 e. The molecule has 70 valence electrons. The van der Waals surface area contributed by atoms with Crippen LogP contribution in [0.5, 0.6) is 0 Å². The molecule has 0 fully saturated rings. The average Bonchev–Trinajstić information content (AvgIpc) is 2.48. The fourth-order valence-electron chi connectivity index (χ4n) is 0.805. The molecule has 1 heterocycles. The van der Waals surface area contributed by atoms with E-state index < -0.39 is 0 Å². The van der Waals surface area contributed by atoms with E-state index in [9.17, 15) is 9.59 Å². The number of aromatic nitrogens is 1. The molecule has 0 radical (unpaired) electrons. The van der Waals surface area contributed by atoms with Crippen molar-refractivity contribution >= 4 is 17.2 Å². The Morgan fingerprint density at radius 2 is 2.54 bits per heavy atom. The first-order valence-corrected chi connectivity index (χ1v) is 4.63. The van der Waals surface area contributed by atoms with E-state index in [0.29, 0.717) is 6.54 Å². The molecule has 0 bridgehead atoms. The van der Waals surface area contributed by atoms with Gasteiger partial charge in [-0.2, -0.15) is 0 Å². The zero-order valence-electron chi connectivity index (χ0n) is 7.03. The molecule has 0 aromatic carbocycles. The lowest BCUT2D eigenvalue weighted by molar-refractivity contribution is -0.121. The normalized spacial score (nSPS) is 9.54. The Labute approximate surface area is 79.5 Å². The number of carbonyl (C=O) groups is 1. The van der Waals surface area contributed by atoms with Crippen molar-refractivity contribution in [3.63, 3.8) is 0 Å². The number of carbonyl (C=O) groups excluding carboxylic acids is 1. The maximum absolute atomic E-state index is 11.1. The van der Waals surface area contributed by atoms with Gasteiger partial charge < -0.3 is 5.32 Å². The van der Waals surface area contributed by atoms with Gasteiger partial charge in [-0.1, -0.05) is 17.4 Å². The highest BCUT2D eigenvalue weighted by Gasteiger charge is 2.02. The van der Waals surface area contributed by atoms with E-state index in [0.717, 1.165) is 11.3 Å². The monoisotopic (exact) mass is 198 g/mol. The Bertz CT molecular complexity index is 353. The summed E-state index contributed by atoms with van der Waals surface area (Å²) in [6.07, 6.45) is 3.19. The summed E-state index contributed by atoms with van der Waals surface area (Å²) in [5.74, 6) is -0.180.